The molecule has 2 aromatic rings. The SMILES string of the molecule is O=C(NCC1CCCCC1)C1CN(c2ccnc3ccnn23)C1. The zero-order valence-electron chi connectivity index (χ0n) is 13.3. The van der Waals surface area contributed by atoms with E-state index in [0.717, 1.165) is 31.1 Å². The van der Waals surface area contributed by atoms with E-state index in [4.69, 9.17) is 0 Å². The zero-order valence-corrected chi connectivity index (χ0v) is 13.3. The number of fused-ring (bicyclic) bond motifs is 1. The van der Waals surface area contributed by atoms with Gasteiger partial charge < -0.3 is 10.2 Å². The highest BCUT2D eigenvalue weighted by Crippen LogP contribution is 2.25. The minimum atomic E-state index is 0.0948. The second-order valence-corrected chi connectivity index (χ2v) is 6.76. The third-order valence-corrected chi connectivity index (χ3v) is 5.14. The maximum absolute atomic E-state index is 12.3. The summed E-state index contributed by atoms with van der Waals surface area (Å²) < 4.78 is 1.83. The fraction of sp³-hybridized carbons (Fsp3) is 0.588. The third-order valence-electron chi connectivity index (χ3n) is 5.14. The van der Waals surface area contributed by atoms with Crippen LogP contribution in [0.2, 0.25) is 0 Å². The molecule has 23 heavy (non-hydrogen) atoms. The second-order valence-electron chi connectivity index (χ2n) is 6.76. The molecule has 2 aliphatic rings. The summed E-state index contributed by atoms with van der Waals surface area (Å²) in [6.45, 7) is 2.37. The molecule has 1 saturated carbocycles. The number of carbonyl (C=O) groups is 1. The Labute approximate surface area is 135 Å². The minimum Gasteiger partial charge on any atom is -0.355 e. The van der Waals surface area contributed by atoms with Crippen LogP contribution in [0.1, 0.15) is 32.1 Å². The first kappa shape index (κ1) is 14.5. The standard InChI is InChI=1S/C17H23N5O/c23-17(19-10-13-4-2-1-3-5-13)14-11-21(12-14)16-7-8-18-15-6-9-20-22(15)16/h6-9,13-14H,1-5,10-12H2,(H,19,23). The second kappa shape index (κ2) is 6.18. The monoisotopic (exact) mass is 313 g/mol. The molecule has 0 aromatic carbocycles. The van der Waals surface area contributed by atoms with Crippen LogP contribution in [0, 0.1) is 11.8 Å². The predicted octanol–water partition coefficient (Wildman–Crippen LogP) is 1.86. The summed E-state index contributed by atoms with van der Waals surface area (Å²) in [4.78, 5) is 18.7. The molecular formula is C17H23N5O. The molecule has 0 atom stereocenters. The Balaban J connectivity index is 1.30. The molecule has 1 aliphatic carbocycles. The molecule has 2 aromatic heterocycles. The van der Waals surface area contributed by atoms with E-state index < -0.39 is 0 Å². The van der Waals surface area contributed by atoms with E-state index in [-0.39, 0.29) is 11.8 Å². The lowest BCUT2D eigenvalue weighted by Gasteiger charge is -2.39. The van der Waals surface area contributed by atoms with Crippen LogP contribution in [0.15, 0.2) is 24.5 Å². The molecule has 6 heteroatoms. The lowest BCUT2D eigenvalue weighted by atomic mass is 9.89. The van der Waals surface area contributed by atoms with Gasteiger partial charge in [0.05, 0.1) is 12.1 Å². The van der Waals surface area contributed by atoms with E-state index in [1.807, 2.05) is 16.6 Å². The third kappa shape index (κ3) is 2.90. The molecular weight excluding hydrogens is 290 g/mol. The number of anilines is 1. The summed E-state index contributed by atoms with van der Waals surface area (Å²) in [7, 11) is 0. The molecule has 4 rings (SSSR count). The van der Waals surface area contributed by atoms with Crippen molar-refractivity contribution in [3.8, 4) is 0 Å². The van der Waals surface area contributed by atoms with Gasteiger partial charge in [0.2, 0.25) is 5.91 Å². The molecule has 1 amide bonds. The molecule has 0 spiro atoms. The van der Waals surface area contributed by atoms with E-state index in [2.05, 4.69) is 20.3 Å². The number of aromatic nitrogens is 3. The van der Waals surface area contributed by atoms with Crippen molar-refractivity contribution in [3.63, 3.8) is 0 Å². The van der Waals surface area contributed by atoms with Gasteiger partial charge in [0.25, 0.3) is 0 Å². The predicted molar refractivity (Wildman–Crippen MR) is 88.3 cm³/mol. The van der Waals surface area contributed by atoms with Crippen molar-refractivity contribution in [2.75, 3.05) is 24.5 Å². The fourth-order valence-corrected chi connectivity index (χ4v) is 3.67. The summed E-state index contributed by atoms with van der Waals surface area (Å²) in [5, 5.41) is 7.46. The van der Waals surface area contributed by atoms with E-state index in [1.54, 1.807) is 12.4 Å². The number of nitrogens with zero attached hydrogens (tertiary/aromatic N) is 4. The number of amides is 1. The van der Waals surface area contributed by atoms with Crippen LogP contribution in [0.3, 0.4) is 0 Å². The lowest BCUT2D eigenvalue weighted by Crippen LogP contribution is -2.54. The van der Waals surface area contributed by atoms with Gasteiger partial charge in [-0.25, -0.2) is 4.98 Å². The average Bonchev–Trinajstić information content (AvgIpc) is 3.02. The fourth-order valence-electron chi connectivity index (χ4n) is 3.67. The molecule has 1 aliphatic heterocycles. The van der Waals surface area contributed by atoms with Crippen LogP contribution in [0.5, 0.6) is 0 Å². The van der Waals surface area contributed by atoms with Gasteiger partial charge in [0.1, 0.15) is 5.82 Å². The highest BCUT2D eigenvalue weighted by molar-refractivity contribution is 5.81. The Kier molecular flexibility index (Phi) is 3.89. The van der Waals surface area contributed by atoms with Gasteiger partial charge in [-0.3, -0.25) is 4.79 Å². The quantitative estimate of drug-likeness (QED) is 0.936. The molecule has 6 nitrogen and oxygen atoms in total. The topological polar surface area (TPSA) is 62.5 Å². The van der Waals surface area contributed by atoms with Gasteiger partial charge >= 0.3 is 0 Å². The van der Waals surface area contributed by atoms with Crippen LogP contribution in [-0.4, -0.2) is 40.1 Å². The van der Waals surface area contributed by atoms with Crippen molar-refractivity contribution in [1.82, 2.24) is 19.9 Å². The maximum Gasteiger partial charge on any atom is 0.226 e. The number of nitrogens with one attached hydrogen (secondary N) is 1. The normalized spacial score (nSPS) is 19.7. The largest absolute Gasteiger partial charge is 0.355 e. The highest BCUT2D eigenvalue weighted by atomic mass is 16.2. The van der Waals surface area contributed by atoms with Crippen molar-refractivity contribution < 1.29 is 4.79 Å². The summed E-state index contributed by atoms with van der Waals surface area (Å²) in [5.74, 6) is 2.00. The van der Waals surface area contributed by atoms with E-state index in [0.29, 0.717) is 5.92 Å². The molecule has 2 fully saturated rings. The van der Waals surface area contributed by atoms with Crippen LogP contribution in [0.25, 0.3) is 5.65 Å². The average molecular weight is 313 g/mol. The Bertz CT molecular complexity index is 685. The molecule has 1 N–H and O–H groups in total. The molecule has 0 bridgehead atoms. The van der Waals surface area contributed by atoms with Gasteiger partial charge in [0, 0.05) is 31.9 Å². The van der Waals surface area contributed by atoms with Gasteiger partial charge in [0.15, 0.2) is 5.65 Å². The van der Waals surface area contributed by atoms with Crippen molar-refractivity contribution in [1.29, 1.82) is 0 Å². The summed E-state index contributed by atoms with van der Waals surface area (Å²) in [5.41, 5.74) is 0.840. The van der Waals surface area contributed by atoms with Gasteiger partial charge in [-0.15, -0.1) is 0 Å². The van der Waals surface area contributed by atoms with Crippen LogP contribution in [0.4, 0.5) is 5.82 Å². The molecule has 0 radical (unpaired) electrons. The zero-order chi connectivity index (χ0) is 15.6. The number of carbonyl (C=O) groups excluding carboxylic acids is 1. The minimum absolute atomic E-state index is 0.0948. The van der Waals surface area contributed by atoms with Gasteiger partial charge in [-0.2, -0.15) is 9.61 Å². The van der Waals surface area contributed by atoms with Crippen molar-refractivity contribution in [2.45, 2.75) is 32.1 Å². The Morgan fingerprint density at radius 2 is 2.00 bits per heavy atom. The van der Waals surface area contributed by atoms with E-state index >= 15 is 0 Å². The van der Waals surface area contributed by atoms with Crippen molar-refractivity contribution in [3.05, 3.63) is 24.5 Å². The molecule has 122 valence electrons. The van der Waals surface area contributed by atoms with Gasteiger partial charge in [-0.1, -0.05) is 19.3 Å². The van der Waals surface area contributed by atoms with Crippen LogP contribution >= 0.6 is 0 Å². The van der Waals surface area contributed by atoms with Crippen molar-refractivity contribution in [2.24, 2.45) is 11.8 Å². The highest BCUT2D eigenvalue weighted by Gasteiger charge is 2.34. The smallest absolute Gasteiger partial charge is 0.226 e. The Hall–Kier alpha value is -2.11. The molecule has 0 unspecified atom stereocenters. The number of rotatable bonds is 4. The van der Waals surface area contributed by atoms with E-state index in [1.165, 1.54) is 32.1 Å². The summed E-state index contributed by atoms with van der Waals surface area (Å²) >= 11 is 0. The van der Waals surface area contributed by atoms with Gasteiger partial charge in [-0.05, 0) is 24.8 Å². The first-order chi connectivity index (χ1) is 11.3. The van der Waals surface area contributed by atoms with Crippen LogP contribution < -0.4 is 10.2 Å². The van der Waals surface area contributed by atoms with Crippen LogP contribution in [-0.2, 0) is 4.79 Å². The number of hydrogen-bond donors (Lipinski definition) is 1. The summed E-state index contributed by atoms with van der Waals surface area (Å²) in [6.07, 6.45) is 10.1. The van der Waals surface area contributed by atoms with E-state index in [9.17, 15) is 4.79 Å². The Morgan fingerprint density at radius 3 is 2.83 bits per heavy atom. The first-order valence-corrected chi connectivity index (χ1v) is 8.62. The number of hydrogen-bond acceptors (Lipinski definition) is 4. The summed E-state index contributed by atoms with van der Waals surface area (Å²) in [6, 6.07) is 3.84. The lowest BCUT2D eigenvalue weighted by molar-refractivity contribution is -0.126. The van der Waals surface area contributed by atoms with Crippen molar-refractivity contribution >= 4 is 17.4 Å². The Morgan fingerprint density at radius 1 is 1.17 bits per heavy atom. The molecule has 3 heterocycles. The maximum atomic E-state index is 12.3. The first-order valence-electron chi connectivity index (χ1n) is 8.62. The molecule has 1 saturated heterocycles.